The van der Waals surface area contributed by atoms with Gasteiger partial charge in [0.1, 0.15) is 6.04 Å². The predicted octanol–water partition coefficient (Wildman–Crippen LogP) is 1.90. The van der Waals surface area contributed by atoms with Crippen LogP contribution in [-0.4, -0.2) is 18.0 Å². The van der Waals surface area contributed by atoms with Crippen LogP contribution in [0.1, 0.15) is 6.92 Å². The Kier molecular flexibility index (Phi) is 2.16. The van der Waals surface area contributed by atoms with Crippen LogP contribution in [-0.2, 0) is 4.79 Å². The van der Waals surface area contributed by atoms with Gasteiger partial charge in [-0.15, -0.1) is 0 Å². The number of hydrogen-bond donors (Lipinski definition) is 1. The molecule has 0 aromatic heterocycles. The number of rotatable bonds is 1. The van der Waals surface area contributed by atoms with Crippen LogP contribution < -0.4 is 10.6 Å². The quantitative estimate of drug-likeness (QED) is 0.755. The van der Waals surface area contributed by atoms with Crippen LogP contribution in [0.25, 0.3) is 10.8 Å². The van der Waals surface area contributed by atoms with E-state index in [0.29, 0.717) is 0 Å². The lowest BCUT2D eigenvalue weighted by Gasteiger charge is -2.43. The van der Waals surface area contributed by atoms with Gasteiger partial charge in [0.2, 0.25) is 5.91 Å². The first-order valence-electron chi connectivity index (χ1n) is 5.76. The first kappa shape index (κ1) is 10.3. The lowest BCUT2D eigenvalue weighted by molar-refractivity contribution is -0.125. The maximum absolute atomic E-state index is 11.7. The average Bonchev–Trinajstić information content (AvgIpc) is 2.38. The Morgan fingerprint density at radius 2 is 1.82 bits per heavy atom. The van der Waals surface area contributed by atoms with E-state index in [0.717, 1.165) is 11.1 Å². The van der Waals surface area contributed by atoms with Gasteiger partial charge < -0.3 is 10.6 Å². The molecule has 1 amide bonds. The van der Waals surface area contributed by atoms with Gasteiger partial charge in [-0.25, -0.2) is 0 Å². The Bertz CT molecular complexity index is 594. The molecule has 2 aromatic rings. The van der Waals surface area contributed by atoms with E-state index in [1.54, 1.807) is 4.90 Å². The summed E-state index contributed by atoms with van der Waals surface area (Å²) in [6.45, 7) is 1.97. The summed E-state index contributed by atoms with van der Waals surface area (Å²) in [7, 11) is 0. The second-order valence-electron chi connectivity index (χ2n) is 4.51. The van der Waals surface area contributed by atoms with Gasteiger partial charge in [0.05, 0.1) is 6.04 Å². The lowest BCUT2D eigenvalue weighted by atomic mass is 9.96. The highest BCUT2D eigenvalue weighted by molar-refractivity contribution is 6.06. The highest BCUT2D eigenvalue weighted by atomic mass is 16.2. The molecule has 1 aliphatic rings. The molecule has 17 heavy (non-hydrogen) atoms. The predicted molar refractivity (Wildman–Crippen MR) is 68.9 cm³/mol. The third kappa shape index (κ3) is 1.43. The molecule has 0 bridgehead atoms. The minimum Gasteiger partial charge on any atom is -0.318 e. The molecule has 1 heterocycles. The highest BCUT2D eigenvalue weighted by Gasteiger charge is 2.42. The van der Waals surface area contributed by atoms with Gasteiger partial charge in [0.15, 0.2) is 0 Å². The fraction of sp³-hybridized carbons (Fsp3) is 0.214. The van der Waals surface area contributed by atoms with Crippen LogP contribution in [0, 0.1) is 0 Å². The van der Waals surface area contributed by atoms with Crippen LogP contribution in [0.4, 0.5) is 5.69 Å². The van der Waals surface area contributed by atoms with Gasteiger partial charge in [0.25, 0.3) is 0 Å². The van der Waals surface area contributed by atoms with Crippen molar-refractivity contribution in [2.24, 2.45) is 5.73 Å². The van der Waals surface area contributed by atoms with Gasteiger partial charge in [-0.05, 0) is 29.8 Å². The molecule has 3 heteroatoms. The molecule has 3 nitrogen and oxygen atoms in total. The highest BCUT2D eigenvalue weighted by Crippen LogP contribution is 2.29. The molecule has 86 valence electrons. The van der Waals surface area contributed by atoms with Crippen molar-refractivity contribution in [2.45, 2.75) is 19.0 Å². The number of carbonyl (C=O) groups is 1. The van der Waals surface area contributed by atoms with E-state index < -0.39 is 0 Å². The number of amides is 1. The largest absolute Gasteiger partial charge is 0.318 e. The Balaban J connectivity index is 2.04. The summed E-state index contributed by atoms with van der Waals surface area (Å²) < 4.78 is 0. The number of hydrogen-bond acceptors (Lipinski definition) is 2. The summed E-state index contributed by atoms with van der Waals surface area (Å²) in [6, 6.07) is 13.9. The molecule has 2 N–H and O–H groups in total. The Labute approximate surface area is 99.8 Å². The number of β-lactam (4-membered cyclic amide) rings is 1. The third-order valence-electron chi connectivity index (χ3n) is 3.46. The zero-order chi connectivity index (χ0) is 12.0. The number of benzene rings is 2. The fourth-order valence-corrected chi connectivity index (χ4v) is 2.34. The van der Waals surface area contributed by atoms with Gasteiger partial charge >= 0.3 is 0 Å². The Hall–Kier alpha value is -1.87. The van der Waals surface area contributed by atoms with Gasteiger partial charge in [-0.3, -0.25) is 4.79 Å². The second kappa shape index (κ2) is 3.57. The fourth-order valence-electron chi connectivity index (χ4n) is 2.34. The smallest absolute Gasteiger partial charge is 0.246 e. The molecular formula is C14H14N2O. The monoisotopic (exact) mass is 226 g/mol. The number of nitrogens with two attached hydrogens (primary N) is 1. The summed E-state index contributed by atoms with van der Waals surface area (Å²) >= 11 is 0. The molecule has 1 saturated heterocycles. The van der Waals surface area contributed by atoms with E-state index >= 15 is 0 Å². The normalized spacial score (nSPS) is 23.9. The van der Waals surface area contributed by atoms with E-state index in [1.165, 1.54) is 5.39 Å². The van der Waals surface area contributed by atoms with Crippen molar-refractivity contribution in [1.29, 1.82) is 0 Å². The molecule has 2 atom stereocenters. The van der Waals surface area contributed by atoms with Crippen molar-refractivity contribution in [2.75, 3.05) is 4.90 Å². The number of anilines is 1. The molecule has 0 aliphatic carbocycles. The van der Waals surface area contributed by atoms with E-state index in [9.17, 15) is 4.79 Å². The average molecular weight is 226 g/mol. The van der Waals surface area contributed by atoms with Crippen LogP contribution in [0.2, 0.25) is 0 Å². The maximum Gasteiger partial charge on any atom is 0.246 e. The minimum atomic E-state index is -0.346. The van der Waals surface area contributed by atoms with E-state index in [-0.39, 0.29) is 18.0 Å². The van der Waals surface area contributed by atoms with Gasteiger partial charge in [-0.1, -0.05) is 30.3 Å². The summed E-state index contributed by atoms with van der Waals surface area (Å²) in [5.41, 5.74) is 6.65. The molecule has 0 saturated carbocycles. The summed E-state index contributed by atoms with van der Waals surface area (Å²) in [5.74, 6) is 0.00720. The van der Waals surface area contributed by atoms with E-state index in [1.807, 2.05) is 43.3 Å². The van der Waals surface area contributed by atoms with Crippen molar-refractivity contribution < 1.29 is 4.79 Å². The molecule has 0 unspecified atom stereocenters. The SMILES string of the molecule is C[C@H]1[C@@H](N)C(=O)N1c1ccc2ccccc2c1. The topological polar surface area (TPSA) is 46.3 Å². The first-order valence-corrected chi connectivity index (χ1v) is 5.76. The van der Waals surface area contributed by atoms with Gasteiger partial charge in [0, 0.05) is 5.69 Å². The summed E-state index contributed by atoms with van der Waals surface area (Å²) in [4.78, 5) is 13.5. The lowest BCUT2D eigenvalue weighted by Crippen LogP contribution is -2.67. The molecule has 0 radical (unpaired) electrons. The van der Waals surface area contributed by atoms with Crippen molar-refractivity contribution in [3.05, 3.63) is 42.5 Å². The number of nitrogens with zero attached hydrogens (tertiary/aromatic N) is 1. The summed E-state index contributed by atoms with van der Waals surface area (Å²) in [6.07, 6.45) is 0. The van der Waals surface area contributed by atoms with Crippen LogP contribution >= 0.6 is 0 Å². The van der Waals surface area contributed by atoms with Crippen LogP contribution in [0.15, 0.2) is 42.5 Å². The summed E-state index contributed by atoms with van der Waals surface area (Å²) in [5, 5.41) is 2.33. The number of carbonyl (C=O) groups excluding carboxylic acids is 1. The molecule has 1 fully saturated rings. The standard InChI is InChI=1S/C14H14N2O/c1-9-13(15)14(17)16(9)12-7-6-10-4-2-3-5-11(10)8-12/h2-9,13H,15H2,1H3/t9-,13+/m0/s1. The van der Waals surface area contributed by atoms with Crippen molar-refractivity contribution >= 4 is 22.4 Å². The van der Waals surface area contributed by atoms with E-state index in [2.05, 4.69) is 6.07 Å². The van der Waals surface area contributed by atoms with Crippen molar-refractivity contribution in [3.63, 3.8) is 0 Å². The van der Waals surface area contributed by atoms with Crippen LogP contribution in [0.5, 0.6) is 0 Å². The van der Waals surface area contributed by atoms with Crippen molar-refractivity contribution in [1.82, 2.24) is 0 Å². The maximum atomic E-state index is 11.7. The zero-order valence-corrected chi connectivity index (χ0v) is 9.63. The second-order valence-corrected chi connectivity index (χ2v) is 4.51. The Morgan fingerprint density at radius 1 is 1.12 bits per heavy atom. The molecule has 2 aromatic carbocycles. The number of fused-ring (bicyclic) bond motifs is 1. The van der Waals surface area contributed by atoms with E-state index in [4.69, 9.17) is 5.73 Å². The molecular weight excluding hydrogens is 212 g/mol. The van der Waals surface area contributed by atoms with Crippen LogP contribution in [0.3, 0.4) is 0 Å². The molecule has 1 aliphatic heterocycles. The molecule has 3 rings (SSSR count). The third-order valence-corrected chi connectivity index (χ3v) is 3.46. The minimum absolute atomic E-state index is 0.00720. The van der Waals surface area contributed by atoms with Crippen molar-refractivity contribution in [3.8, 4) is 0 Å². The molecule has 0 spiro atoms. The Morgan fingerprint density at radius 3 is 2.53 bits per heavy atom. The van der Waals surface area contributed by atoms with Gasteiger partial charge in [-0.2, -0.15) is 0 Å². The zero-order valence-electron chi connectivity index (χ0n) is 9.63. The first-order chi connectivity index (χ1) is 8.18.